The first-order valence-electron chi connectivity index (χ1n) is 15.3. The summed E-state index contributed by atoms with van der Waals surface area (Å²) in [5.41, 5.74) is 0. The summed E-state index contributed by atoms with van der Waals surface area (Å²) in [7, 11) is 0. The molecular formula is C29H52O8. The number of hydrogen-bond acceptors (Lipinski definition) is 8. The van der Waals surface area contributed by atoms with Crippen molar-refractivity contribution in [2.24, 2.45) is 11.8 Å². The summed E-state index contributed by atoms with van der Waals surface area (Å²) in [6, 6.07) is 0. The van der Waals surface area contributed by atoms with Gasteiger partial charge >= 0.3 is 0 Å². The predicted octanol–water partition coefficient (Wildman–Crippen LogP) is 4.68. The van der Waals surface area contributed by atoms with Crippen LogP contribution in [0.25, 0.3) is 0 Å². The molecule has 0 bridgehead atoms. The lowest BCUT2D eigenvalue weighted by molar-refractivity contribution is -0.205. The smallest absolute Gasteiger partial charge is 0.157 e. The molecule has 0 amide bonds. The topological polar surface area (TPSA) is 95.8 Å². The molecule has 3 saturated heterocycles. The van der Waals surface area contributed by atoms with E-state index in [4.69, 9.17) is 28.4 Å². The minimum atomic E-state index is -0.770. The van der Waals surface area contributed by atoms with Crippen LogP contribution < -0.4 is 0 Å². The largest absolute Gasteiger partial charge is 0.394 e. The Labute approximate surface area is 223 Å². The van der Waals surface area contributed by atoms with E-state index in [1.54, 1.807) is 0 Å². The number of ether oxygens (including phenoxy) is 6. The van der Waals surface area contributed by atoms with E-state index < -0.39 is 6.10 Å². The fraction of sp³-hybridized carbons (Fsp3) is 1.00. The maximum absolute atomic E-state index is 10.5. The van der Waals surface area contributed by atoms with Crippen LogP contribution in [-0.2, 0) is 28.4 Å². The minimum absolute atomic E-state index is 0.0132. The van der Waals surface area contributed by atoms with E-state index in [0.717, 1.165) is 110 Å². The molecule has 0 radical (unpaired) electrons. The Morgan fingerprint density at radius 2 is 1.32 bits per heavy atom. The van der Waals surface area contributed by atoms with Crippen LogP contribution in [-0.4, -0.2) is 79.9 Å². The second kappa shape index (κ2) is 16.1. The van der Waals surface area contributed by atoms with Crippen molar-refractivity contribution in [3.05, 3.63) is 0 Å². The molecule has 8 heteroatoms. The zero-order valence-electron chi connectivity index (χ0n) is 23.0. The predicted molar refractivity (Wildman–Crippen MR) is 139 cm³/mol. The molecule has 37 heavy (non-hydrogen) atoms. The van der Waals surface area contributed by atoms with E-state index >= 15 is 0 Å². The third-order valence-electron chi connectivity index (χ3n) is 8.57. The summed E-state index contributed by atoms with van der Waals surface area (Å²) in [4.78, 5) is 0. The third-order valence-corrected chi connectivity index (χ3v) is 8.57. The van der Waals surface area contributed by atoms with Gasteiger partial charge in [0.15, 0.2) is 18.9 Å². The van der Waals surface area contributed by atoms with Crippen molar-refractivity contribution >= 4 is 0 Å². The molecule has 8 nitrogen and oxygen atoms in total. The van der Waals surface area contributed by atoms with Crippen LogP contribution in [0.2, 0.25) is 0 Å². The molecule has 4 aliphatic rings. The molecule has 4 fully saturated rings. The van der Waals surface area contributed by atoms with Gasteiger partial charge in [0, 0.05) is 26.2 Å². The molecule has 3 heterocycles. The highest BCUT2D eigenvalue weighted by molar-refractivity contribution is 4.95. The van der Waals surface area contributed by atoms with E-state index in [1.165, 1.54) is 0 Å². The van der Waals surface area contributed by atoms with Gasteiger partial charge in [0.2, 0.25) is 0 Å². The Morgan fingerprint density at radius 3 is 1.84 bits per heavy atom. The van der Waals surface area contributed by atoms with Gasteiger partial charge < -0.3 is 38.6 Å². The Bertz CT molecular complexity index is 603. The number of rotatable bonds is 14. The van der Waals surface area contributed by atoms with Crippen molar-refractivity contribution in [3.63, 3.8) is 0 Å². The van der Waals surface area contributed by atoms with Gasteiger partial charge in [-0.1, -0.05) is 13.3 Å². The Morgan fingerprint density at radius 1 is 0.757 bits per heavy atom. The fourth-order valence-corrected chi connectivity index (χ4v) is 6.60. The van der Waals surface area contributed by atoms with E-state index in [1.807, 2.05) is 0 Å². The first kappa shape index (κ1) is 29.7. The lowest BCUT2D eigenvalue weighted by Gasteiger charge is -2.33. The summed E-state index contributed by atoms with van der Waals surface area (Å²) < 4.78 is 37.4. The zero-order chi connectivity index (χ0) is 25.9. The maximum atomic E-state index is 10.5. The Balaban J connectivity index is 1.45. The molecule has 9 atom stereocenters. The van der Waals surface area contributed by atoms with Gasteiger partial charge in [-0.15, -0.1) is 0 Å². The van der Waals surface area contributed by atoms with Gasteiger partial charge in [0.1, 0.15) is 0 Å². The highest BCUT2D eigenvalue weighted by Crippen LogP contribution is 2.44. The Kier molecular flexibility index (Phi) is 12.9. The van der Waals surface area contributed by atoms with Crippen LogP contribution in [0.3, 0.4) is 0 Å². The highest BCUT2D eigenvalue weighted by Gasteiger charge is 2.47. The quantitative estimate of drug-likeness (QED) is 0.336. The van der Waals surface area contributed by atoms with E-state index in [0.29, 0.717) is 6.42 Å². The van der Waals surface area contributed by atoms with Gasteiger partial charge in [-0.2, -0.15) is 0 Å². The van der Waals surface area contributed by atoms with Crippen molar-refractivity contribution in [2.45, 2.75) is 147 Å². The minimum Gasteiger partial charge on any atom is -0.394 e. The summed E-state index contributed by atoms with van der Waals surface area (Å²) >= 11 is 0. The first-order valence-corrected chi connectivity index (χ1v) is 15.3. The maximum Gasteiger partial charge on any atom is 0.157 e. The molecule has 0 spiro atoms. The summed E-state index contributed by atoms with van der Waals surface area (Å²) in [6.45, 7) is 4.23. The van der Waals surface area contributed by atoms with Gasteiger partial charge in [-0.25, -0.2) is 0 Å². The molecule has 216 valence electrons. The second-order valence-electron chi connectivity index (χ2n) is 11.5. The molecule has 0 aromatic heterocycles. The van der Waals surface area contributed by atoms with Crippen molar-refractivity contribution in [1.29, 1.82) is 0 Å². The molecule has 0 aromatic carbocycles. The molecule has 1 aliphatic carbocycles. The Hall–Kier alpha value is -0.320. The third kappa shape index (κ3) is 9.38. The van der Waals surface area contributed by atoms with Crippen LogP contribution in [0.15, 0.2) is 0 Å². The average molecular weight is 529 g/mol. The molecule has 4 unspecified atom stereocenters. The lowest BCUT2D eigenvalue weighted by atomic mass is 9.84. The van der Waals surface area contributed by atoms with Gasteiger partial charge in [0.05, 0.1) is 31.0 Å². The van der Waals surface area contributed by atoms with Crippen LogP contribution in [0.4, 0.5) is 0 Å². The van der Waals surface area contributed by atoms with Gasteiger partial charge in [-0.3, -0.25) is 0 Å². The van der Waals surface area contributed by atoms with Crippen LogP contribution >= 0.6 is 0 Å². The van der Waals surface area contributed by atoms with Crippen LogP contribution in [0.5, 0.6) is 0 Å². The molecule has 0 aromatic rings. The molecule has 3 aliphatic heterocycles. The number of aliphatic hydroxyl groups is 2. The normalized spacial score (nSPS) is 36.9. The molecule has 1 saturated carbocycles. The zero-order valence-corrected chi connectivity index (χ0v) is 23.0. The SMILES string of the molecule is CCC[C@@H](CC[C@@H]1[C@@H](CC(O)CO)[C@@H](OC2CCCCO2)C[C@H]1OC1CCCCO1)OC1CCCCO1. The van der Waals surface area contributed by atoms with Gasteiger partial charge in [-0.05, 0) is 95.3 Å². The highest BCUT2D eigenvalue weighted by atomic mass is 16.7. The van der Waals surface area contributed by atoms with E-state index in [-0.39, 0.29) is 55.6 Å². The van der Waals surface area contributed by atoms with Gasteiger partial charge in [0.25, 0.3) is 0 Å². The summed E-state index contributed by atoms with van der Waals surface area (Å²) in [5, 5.41) is 20.2. The molecule has 2 N–H and O–H groups in total. The standard InChI is InChI=1S/C29H52O8/c1-2-9-22(35-27-10-3-6-15-32-27)13-14-23-24(18-21(31)20-30)26(37-29-12-5-8-17-34-29)19-25(23)36-28-11-4-7-16-33-28/h21-31H,2-20H2,1H3/t21?,22-,23+,24+,25+,26-,27?,28?,29?/m0/s1. The van der Waals surface area contributed by atoms with Crippen molar-refractivity contribution in [1.82, 2.24) is 0 Å². The van der Waals surface area contributed by atoms with Crippen LogP contribution in [0.1, 0.15) is 103 Å². The fourth-order valence-electron chi connectivity index (χ4n) is 6.60. The lowest BCUT2D eigenvalue weighted by Crippen LogP contribution is -2.35. The summed E-state index contributed by atoms with van der Waals surface area (Å²) in [6.07, 6.45) is 13.5. The van der Waals surface area contributed by atoms with Crippen molar-refractivity contribution in [2.75, 3.05) is 26.4 Å². The first-order chi connectivity index (χ1) is 18.2. The second-order valence-corrected chi connectivity index (χ2v) is 11.5. The average Bonchev–Trinajstić information content (AvgIpc) is 3.23. The van der Waals surface area contributed by atoms with E-state index in [2.05, 4.69) is 6.92 Å². The monoisotopic (exact) mass is 528 g/mol. The number of hydrogen-bond donors (Lipinski definition) is 2. The van der Waals surface area contributed by atoms with Crippen molar-refractivity contribution < 1.29 is 38.6 Å². The number of aliphatic hydroxyl groups excluding tert-OH is 2. The molecule has 4 rings (SSSR count). The van der Waals surface area contributed by atoms with E-state index in [9.17, 15) is 10.2 Å². The van der Waals surface area contributed by atoms with Crippen molar-refractivity contribution in [3.8, 4) is 0 Å². The summed E-state index contributed by atoms with van der Waals surface area (Å²) in [5.74, 6) is 0.269. The van der Waals surface area contributed by atoms with Crippen LogP contribution in [0, 0.1) is 11.8 Å². The molecular weight excluding hydrogens is 476 g/mol.